The van der Waals surface area contributed by atoms with Gasteiger partial charge in [0.25, 0.3) is 11.8 Å². The van der Waals surface area contributed by atoms with Crippen LogP contribution in [0.1, 0.15) is 5.56 Å². The Hall–Kier alpha value is -3.85. The third kappa shape index (κ3) is 5.33. The van der Waals surface area contributed by atoms with E-state index >= 15 is 0 Å². The highest BCUT2D eigenvalue weighted by Crippen LogP contribution is 2.20. The first kappa shape index (κ1) is 19.9. The molecular weight excluding hydrogens is 370 g/mol. The van der Waals surface area contributed by atoms with E-state index in [-0.39, 0.29) is 11.6 Å². The van der Waals surface area contributed by atoms with Gasteiger partial charge in [-0.2, -0.15) is 0 Å². The van der Waals surface area contributed by atoms with Crippen molar-refractivity contribution >= 4 is 29.5 Å². The van der Waals surface area contributed by atoms with Crippen LogP contribution in [-0.2, 0) is 11.3 Å². The van der Waals surface area contributed by atoms with E-state index in [0.29, 0.717) is 17.9 Å². The predicted molar refractivity (Wildman–Crippen MR) is 113 cm³/mol. The number of nitrogens with two attached hydrogens (primary N) is 1. The van der Waals surface area contributed by atoms with Gasteiger partial charge in [-0.05, 0) is 23.8 Å². The average Bonchev–Trinajstić information content (AvgIpc) is 2.73. The number of amides is 3. The van der Waals surface area contributed by atoms with Crippen molar-refractivity contribution < 1.29 is 9.59 Å². The third-order valence-electron chi connectivity index (χ3n) is 4.18. The van der Waals surface area contributed by atoms with Crippen molar-refractivity contribution in [2.75, 3.05) is 17.7 Å². The molecule has 2 aromatic carbocycles. The number of primary amides is 1. The number of nitrogens with zero attached hydrogens (tertiary/aromatic N) is 1. The Kier molecular flexibility index (Phi) is 6.10. The summed E-state index contributed by atoms with van der Waals surface area (Å²) in [5.74, 6) is -1.69. The average molecular weight is 393 g/mol. The van der Waals surface area contributed by atoms with Crippen LogP contribution in [0.2, 0.25) is 0 Å². The number of hydrogen-bond donors (Lipinski definition) is 6. The van der Waals surface area contributed by atoms with Crippen LogP contribution in [0.5, 0.6) is 0 Å². The largest absolute Gasteiger partial charge is 0.366 e. The van der Waals surface area contributed by atoms with Gasteiger partial charge in [0.2, 0.25) is 0 Å². The molecule has 0 aromatic heterocycles. The van der Waals surface area contributed by atoms with Crippen LogP contribution in [0, 0.1) is 0 Å². The molecule has 0 aliphatic carbocycles. The van der Waals surface area contributed by atoms with E-state index in [1.807, 2.05) is 36.4 Å². The van der Waals surface area contributed by atoms with E-state index in [2.05, 4.69) is 31.6 Å². The van der Waals surface area contributed by atoms with E-state index in [4.69, 9.17) is 5.73 Å². The SMILES string of the molecule is CNC(=O)Nc1cccc(NC2(NCc3ccccc3)N=CC(C(N)=O)=CN2)c1. The highest BCUT2D eigenvalue weighted by molar-refractivity contribution is 6.11. The molecule has 150 valence electrons. The first-order chi connectivity index (χ1) is 14.0. The number of rotatable bonds is 7. The maximum absolute atomic E-state index is 11.6. The molecule has 1 aliphatic rings. The van der Waals surface area contributed by atoms with Crippen LogP contribution in [0.25, 0.3) is 0 Å². The molecular formula is C20H23N7O2. The molecule has 29 heavy (non-hydrogen) atoms. The van der Waals surface area contributed by atoms with E-state index in [1.54, 1.807) is 25.2 Å². The molecule has 0 fully saturated rings. The zero-order valence-electron chi connectivity index (χ0n) is 15.9. The summed E-state index contributed by atoms with van der Waals surface area (Å²) in [7, 11) is 1.54. The number of urea groups is 1. The van der Waals surface area contributed by atoms with Gasteiger partial charge in [-0.1, -0.05) is 36.4 Å². The number of benzene rings is 2. The second kappa shape index (κ2) is 8.89. The van der Waals surface area contributed by atoms with Crippen molar-refractivity contribution in [1.29, 1.82) is 0 Å². The van der Waals surface area contributed by atoms with E-state index in [1.165, 1.54) is 12.4 Å². The number of aliphatic imine (C=N–C) groups is 1. The van der Waals surface area contributed by atoms with Gasteiger partial charge < -0.3 is 27.0 Å². The Morgan fingerprint density at radius 1 is 1.10 bits per heavy atom. The third-order valence-corrected chi connectivity index (χ3v) is 4.18. The highest BCUT2D eigenvalue weighted by Gasteiger charge is 2.30. The first-order valence-electron chi connectivity index (χ1n) is 8.98. The molecule has 0 spiro atoms. The van der Waals surface area contributed by atoms with E-state index in [9.17, 15) is 9.59 Å². The second-order valence-corrected chi connectivity index (χ2v) is 6.33. The summed E-state index contributed by atoms with van der Waals surface area (Å²) in [4.78, 5) is 27.4. The standard InChI is InChI=1S/C20H23N7O2/c1-22-19(29)26-16-8-5-9-17(10-16)27-20(23-11-14-6-3-2-4-7-14)24-12-15(13-25-20)18(21)28/h2-10,12-13,23-24,27H,11H2,1H3,(H2,21,28)(H2,22,26,29). The minimum Gasteiger partial charge on any atom is -0.366 e. The summed E-state index contributed by atoms with van der Waals surface area (Å²) in [5.41, 5.74) is 7.96. The van der Waals surface area contributed by atoms with Crippen LogP contribution < -0.4 is 32.3 Å². The van der Waals surface area contributed by atoms with Gasteiger partial charge in [0.05, 0.1) is 5.57 Å². The molecule has 1 atom stereocenters. The zero-order valence-corrected chi connectivity index (χ0v) is 15.9. The van der Waals surface area contributed by atoms with Crippen LogP contribution in [0.3, 0.4) is 0 Å². The summed E-state index contributed by atoms with van der Waals surface area (Å²) in [6.45, 7) is 0.508. The molecule has 7 N–H and O–H groups in total. The lowest BCUT2D eigenvalue weighted by molar-refractivity contribution is -0.114. The van der Waals surface area contributed by atoms with Gasteiger partial charge in [-0.25, -0.2) is 9.79 Å². The van der Waals surface area contributed by atoms with Gasteiger partial charge in [0.1, 0.15) is 0 Å². The Balaban J connectivity index is 1.80. The minimum absolute atomic E-state index is 0.263. The lowest BCUT2D eigenvalue weighted by Crippen LogP contribution is -2.60. The van der Waals surface area contributed by atoms with Crippen molar-refractivity contribution in [2.24, 2.45) is 10.7 Å². The lowest BCUT2D eigenvalue weighted by atomic mass is 10.2. The molecule has 0 saturated heterocycles. The van der Waals surface area contributed by atoms with Crippen molar-refractivity contribution in [2.45, 2.75) is 12.5 Å². The lowest BCUT2D eigenvalue weighted by Gasteiger charge is -2.35. The van der Waals surface area contributed by atoms with Crippen molar-refractivity contribution in [1.82, 2.24) is 16.0 Å². The molecule has 9 nitrogen and oxygen atoms in total. The van der Waals surface area contributed by atoms with Gasteiger partial charge in [0.15, 0.2) is 0 Å². The number of hydrogen-bond acceptors (Lipinski definition) is 6. The first-order valence-corrected chi connectivity index (χ1v) is 8.98. The summed E-state index contributed by atoms with van der Waals surface area (Å²) < 4.78 is 0. The maximum Gasteiger partial charge on any atom is 0.318 e. The van der Waals surface area contributed by atoms with Crippen LogP contribution in [0.4, 0.5) is 16.2 Å². The van der Waals surface area contributed by atoms with Crippen molar-refractivity contribution in [3.8, 4) is 0 Å². The smallest absolute Gasteiger partial charge is 0.318 e. The minimum atomic E-state index is -1.11. The van der Waals surface area contributed by atoms with Gasteiger partial charge in [-0.15, -0.1) is 0 Å². The van der Waals surface area contributed by atoms with Gasteiger partial charge >= 0.3 is 6.03 Å². The monoisotopic (exact) mass is 393 g/mol. The fraction of sp³-hybridized carbons (Fsp3) is 0.150. The molecule has 3 amide bonds. The number of carbonyl (C=O) groups excluding carboxylic acids is 2. The zero-order chi connectivity index (χ0) is 20.7. The van der Waals surface area contributed by atoms with Crippen LogP contribution in [0.15, 0.2) is 71.4 Å². The number of nitrogens with one attached hydrogen (secondary N) is 5. The Morgan fingerprint density at radius 3 is 2.52 bits per heavy atom. The summed E-state index contributed by atoms with van der Waals surface area (Å²) in [5, 5.41) is 14.9. The predicted octanol–water partition coefficient (Wildman–Crippen LogP) is 1.29. The Labute approximate surface area is 168 Å². The van der Waals surface area contributed by atoms with Crippen LogP contribution >= 0.6 is 0 Å². The Morgan fingerprint density at radius 2 is 1.86 bits per heavy atom. The Bertz CT molecular complexity index is 943. The van der Waals surface area contributed by atoms with E-state index in [0.717, 1.165) is 5.56 Å². The molecule has 0 bridgehead atoms. The maximum atomic E-state index is 11.6. The van der Waals surface area contributed by atoms with Gasteiger partial charge in [-0.3, -0.25) is 10.1 Å². The highest BCUT2D eigenvalue weighted by atomic mass is 16.2. The summed E-state index contributed by atoms with van der Waals surface area (Å²) in [6.07, 6.45) is 2.92. The summed E-state index contributed by atoms with van der Waals surface area (Å²) >= 11 is 0. The molecule has 1 aliphatic heterocycles. The molecule has 1 heterocycles. The molecule has 1 unspecified atom stereocenters. The molecule has 0 radical (unpaired) electrons. The van der Waals surface area contributed by atoms with Crippen molar-refractivity contribution in [3.05, 3.63) is 71.9 Å². The molecule has 3 rings (SSSR count). The van der Waals surface area contributed by atoms with Gasteiger partial charge in [0, 0.05) is 37.4 Å². The van der Waals surface area contributed by atoms with E-state index < -0.39 is 11.8 Å². The molecule has 2 aromatic rings. The fourth-order valence-electron chi connectivity index (χ4n) is 2.67. The second-order valence-electron chi connectivity index (χ2n) is 6.33. The van der Waals surface area contributed by atoms with Crippen LogP contribution in [-0.4, -0.2) is 31.1 Å². The molecule has 9 heteroatoms. The number of anilines is 2. The topological polar surface area (TPSA) is 133 Å². The summed E-state index contributed by atoms with van der Waals surface area (Å²) in [6, 6.07) is 16.7. The molecule has 0 saturated carbocycles. The number of carbonyl (C=O) groups is 2. The quantitative estimate of drug-likeness (QED) is 0.395. The van der Waals surface area contributed by atoms with Crippen molar-refractivity contribution in [3.63, 3.8) is 0 Å². The normalized spacial score (nSPS) is 17.6. The fourth-order valence-corrected chi connectivity index (χ4v) is 2.67.